The summed E-state index contributed by atoms with van der Waals surface area (Å²) in [7, 11) is 1.96. The molecule has 36 heavy (non-hydrogen) atoms. The van der Waals surface area contributed by atoms with Crippen LogP contribution in [-0.2, 0) is 18.4 Å². The Balaban J connectivity index is 0.000000303. The molecule has 2 aromatic carbocycles. The van der Waals surface area contributed by atoms with Crippen LogP contribution in [0.2, 0.25) is 0 Å². The Bertz CT molecular complexity index is 1140. The Hall–Kier alpha value is -3.35. The average molecular weight is 493 g/mol. The molecule has 0 aliphatic heterocycles. The largest absolute Gasteiger partial charge is 0.481 e. The fourth-order valence-electron chi connectivity index (χ4n) is 4.61. The standard InChI is InChI=1S/C19H20N4O3.C10H20/c1-23-16-5-3-2-4-15(16)22-19(23)21-12-13-6-8-14(9-7-13)18(26)20-11-10-17(24)25;1-10(2,3)9-7-5-4-6-8-9/h2-9H,10-12H2,1H3,(H,20,26)(H,21,22)(H,24,25);9H,4-8H2,1-3H3. The topological polar surface area (TPSA) is 96.2 Å². The van der Waals surface area contributed by atoms with E-state index in [4.69, 9.17) is 5.11 Å². The minimum absolute atomic E-state index is 0.0915. The second-order valence-corrected chi connectivity index (χ2v) is 10.6. The molecule has 3 aromatic rings. The van der Waals surface area contributed by atoms with Crippen LogP contribution in [0.4, 0.5) is 5.95 Å². The maximum atomic E-state index is 11.9. The number of para-hydroxylation sites is 2. The van der Waals surface area contributed by atoms with Crippen molar-refractivity contribution in [1.82, 2.24) is 14.9 Å². The molecule has 1 aliphatic carbocycles. The van der Waals surface area contributed by atoms with Crippen LogP contribution in [0.3, 0.4) is 0 Å². The Labute approximate surface area is 214 Å². The van der Waals surface area contributed by atoms with E-state index < -0.39 is 5.97 Å². The number of carbonyl (C=O) groups is 2. The molecule has 3 N–H and O–H groups in total. The number of anilines is 1. The van der Waals surface area contributed by atoms with Crippen molar-refractivity contribution in [3.63, 3.8) is 0 Å². The number of benzene rings is 2. The molecule has 1 aromatic heterocycles. The molecule has 194 valence electrons. The van der Waals surface area contributed by atoms with E-state index in [0.29, 0.717) is 17.5 Å². The molecule has 0 atom stereocenters. The van der Waals surface area contributed by atoms with E-state index in [9.17, 15) is 9.59 Å². The SMILES string of the molecule is CC(C)(C)C1CCCCC1.Cn1c(NCc2ccc(C(=O)NCCC(=O)O)cc2)nc2ccccc21. The van der Waals surface area contributed by atoms with Gasteiger partial charge in [-0.05, 0) is 54.0 Å². The van der Waals surface area contributed by atoms with Gasteiger partial charge in [-0.2, -0.15) is 0 Å². The van der Waals surface area contributed by atoms with Gasteiger partial charge in [-0.3, -0.25) is 9.59 Å². The van der Waals surface area contributed by atoms with Gasteiger partial charge in [0, 0.05) is 25.7 Å². The van der Waals surface area contributed by atoms with Crippen LogP contribution in [-0.4, -0.2) is 33.1 Å². The molecule has 4 rings (SSSR count). The first-order valence-electron chi connectivity index (χ1n) is 12.9. The molecule has 0 radical (unpaired) electrons. The van der Waals surface area contributed by atoms with Crippen LogP contribution in [0.5, 0.6) is 0 Å². The van der Waals surface area contributed by atoms with Gasteiger partial charge in [-0.15, -0.1) is 0 Å². The first-order valence-corrected chi connectivity index (χ1v) is 12.9. The highest BCUT2D eigenvalue weighted by Crippen LogP contribution is 2.37. The number of carboxylic acid groups (broad SMARTS) is 1. The fourth-order valence-corrected chi connectivity index (χ4v) is 4.61. The van der Waals surface area contributed by atoms with Crippen molar-refractivity contribution in [3.05, 3.63) is 59.7 Å². The van der Waals surface area contributed by atoms with E-state index in [1.807, 2.05) is 48.0 Å². The number of imidazole rings is 1. The third kappa shape index (κ3) is 7.83. The number of carbonyl (C=O) groups excluding carboxylic acids is 1. The van der Waals surface area contributed by atoms with Crippen molar-refractivity contribution < 1.29 is 14.7 Å². The number of hydrogen-bond acceptors (Lipinski definition) is 4. The van der Waals surface area contributed by atoms with Gasteiger partial charge in [0.05, 0.1) is 17.5 Å². The molecular weight excluding hydrogens is 452 g/mol. The zero-order valence-electron chi connectivity index (χ0n) is 22.0. The van der Waals surface area contributed by atoms with Crippen LogP contribution in [0.1, 0.15) is 75.2 Å². The summed E-state index contributed by atoms with van der Waals surface area (Å²) in [6.07, 6.45) is 7.29. The highest BCUT2D eigenvalue weighted by molar-refractivity contribution is 5.94. The molecular formula is C29H40N4O3. The highest BCUT2D eigenvalue weighted by atomic mass is 16.4. The second kappa shape index (κ2) is 12.6. The molecule has 7 heteroatoms. The first kappa shape index (κ1) is 27.2. The molecule has 7 nitrogen and oxygen atoms in total. The van der Waals surface area contributed by atoms with Gasteiger partial charge < -0.3 is 20.3 Å². The number of rotatable bonds is 7. The Morgan fingerprint density at radius 2 is 1.69 bits per heavy atom. The first-order chi connectivity index (χ1) is 17.1. The Morgan fingerprint density at radius 3 is 2.28 bits per heavy atom. The molecule has 0 spiro atoms. The number of aliphatic carboxylic acids is 1. The van der Waals surface area contributed by atoms with E-state index in [1.54, 1.807) is 12.1 Å². The lowest BCUT2D eigenvalue weighted by molar-refractivity contribution is -0.136. The smallest absolute Gasteiger partial charge is 0.305 e. The van der Waals surface area contributed by atoms with Crippen LogP contribution in [0.15, 0.2) is 48.5 Å². The van der Waals surface area contributed by atoms with Gasteiger partial charge in [0.2, 0.25) is 5.95 Å². The quantitative estimate of drug-likeness (QED) is 0.376. The minimum Gasteiger partial charge on any atom is -0.481 e. The number of amides is 1. The van der Waals surface area contributed by atoms with Gasteiger partial charge in [0.25, 0.3) is 5.91 Å². The Kier molecular flexibility index (Phi) is 9.51. The fraction of sp³-hybridized carbons (Fsp3) is 0.483. The van der Waals surface area contributed by atoms with E-state index in [0.717, 1.165) is 28.5 Å². The number of hydrogen-bond donors (Lipinski definition) is 3. The predicted octanol–water partition coefficient (Wildman–Crippen LogP) is 6.00. The summed E-state index contributed by atoms with van der Waals surface area (Å²) in [5, 5.41) is 14.5. The molecule has 1 saturated carbocycles. The number of aryl methyl sites for hydroxylation is 1. The normalized spacial score (nSPS) is 14.1. The number of aromatic nitrogens is 2. The van der Waals surface area contributed by atoms with E-state index in [1.165, 1.54) is 32.1 Å². The maximum Gasteiger partial charge on any atom is 0.305 e. The zero-order chi connectivity index (χ0) is 26.1. The minimum atomic E-state index is -0.936. The van der Waals surface area contributed by atoms with E-state index in [2.05, 4.69) is 36.4 Å². The van der Waals surface area contributed by atoms with E-state index in [-0.39, 0.29) is 18.9 Å². The lowest BCUT2D eigenvalue weighted by atomic mass is 9.72. The number of nitrogens with zero attached hydrogens (tertiary/aromatic N) is 2. The molecule has 1 fully saturated rings. The summed E-state index contributed by atoms with van der Waals surface area (Å²) < 4.78 is 2.00. The summed E-state index contributed by atoms with van der Waals surface area (Å²) in [5.74, 6) is 0.567. The van der Waals surface area contributed by atoms with Crippen molar-refractivity contribution in [2.45, 2.75) is 65.8 Å². The number of nitrogens with one attached hydrogen (secondary N) is 2. The van der Waals surface area contributed by atoms with Gasteiger partial charge in [-0.1, -0.05) is 64.3 Å². The van der Waals surface area contributed by atoms with Crippen molar-refractivity contribution >= 4 is 28.9 Å². The van der Waals surface area contributed by atoms with Crippen LogP contribution < -0.4 is 10.6 Å². The van der Waals surface area contributed by atoms with Gasteiger partial charge in [-0.25, -0.2) is 4.98 Å². The average Bonchev–Trinajstić information content (AvgIpc) is 3.19. The van der Waals surface area contributed by atoms with Gasteiger partial charge in [0.1, 0.15) is 0 Å². The molecule has 0 bridgehead atoms. The number of carboxylic acids is 1. The summed E-state index contributed by atoms with van der Waals surface area (Å²) in [6.45, 7) is 7.83. The van der Waals surface area contributed by atoms with E-state index >= 15 is 0 Å². The number of fused-ring (bicyclic) bond motifs is 1. The zero-order valence-corrected chi connectivity index (χ0v) is 22.0. The summed E-state index contributed by atoms with van der Waals surface area (Å²) in [4.78, 5) is 27.0. The lowest BCUT2D eigenvalue weighted by Gasteiger charge is -2.33. The molecule has 1 heterocycles. The van der Waals surface area contributed by atoms with Crippen LogP contribution in [0.25, 0.3) is 11.0 Å². The third-order valence-electron chi connectivity index (χ3n) is 6.91. The third-order valence-corrected chi connectivity index (χ3v) is 6.91. The summed E-state index contributed by atoms with van der Waals surface area (Å²) in [5.41, 5.74) is 4.08. The Morgan fingerprint density at radius 1 is 1.03 bits per heavy atom. The van der Waals surface area contributed by atoms with Crippen molar-refractivity contribution in [3.8, 4) is 0 Å². The highest BCUT2D eigenvalue weighted by Gasteiger charge is 2.25. The van der Waals surface area contributed by atoms with Crippen LogP contribution >= 0.6 is 0 Å². The van der Waals surface area contributed by atoms with Crippen molar-refractivity contribution in [1.29, 1.82) is 0 Å². The van der Waals surface area contributed by atoms with Gasteiger partial charge in [0.15, 0.2) is 0 Å². The van der Waals surface area contributed by atoms with Crippen LogP contribution in [0, 0.1) is 11.3 Å². The molecule has 0 saturated heterocycles. The molecule has 1 aliphatic rings. The van der Waals surface area contributed by atoms with Gasteiger partial charge >= 0.3 is 5.97 Å². The molecule has 0 unspecified atom stereocenters. The maximum absolute atomic E-state index is 11.9. The summed E-state index contributed by atoms with van der Waals surface area (Å²) in [6, 6.07) is 15.1. The van der Waals surface area contributed by atoms with Crippen molar-refractivity contribution in [2.75, 3.05) is 11.9 Å². The lowest BCUT2D eigenvalue weighted by Crippen LogP contribution is -2.25. The van der Waals surface area contributed by atoms with Crippen molar-refractivity contribution in [2.24, 2.45) is 18.4 Å². The second-order valence-electron chi connectivity index (χ2n) is 10.6. The molecule has 1 amide bonds. The monoisotopic (exact) mass is 492 g/mol. The summed E-state index contributed by atoms with van der Waals surface area (Å²) >= 11 is 0. The predicted molar refractivity (Wildman–Crippen MR) is 145 cm³/mol.